The van der Waals surface area contributed by atoms with Crippen molar-refractivity contribution in [2.24, 2.45) is 0 Å². The molecule has 0 N–H and O–H groups in total. The number of allylic oxidation sites excluding steroid dienone is 1. The summed E-state index contributed by atoms with van der Waals surface area (Å²) in [4.78, 5) is 5.61. The number of rotatable bonds is 1. The lowest BCUT2D eigenvalue weighted by Gasteiger charge is -1.96. The molecule has 0 radical (unpaired) electrons. The summed E-state index contributed by atoms with van der Waals surface area (Å²) in [5, 5.41) is 2.18. The van der Waals surface area contributed by atoms with Gasteiger partial charge < -0.3 is 0 Å². The summed E-state index contributed by atoms with van der Waals surface area (Å²) in [6.45, 7) is 2.13. The summed E-state index contributed by atoms with van der Waals surface area (Å²) in [6.07, 6.45) is 4.08. The Kier molecular flexibility index (Phi) is 3.57. The first-order chi connectivity index (χ1) is 6.74. The molecule has 1 aliphatic rings. The van der Waals surface area contributed by atoms with Crippen LogP contribution < -0.4 is 0 Å². The largest absolute Gasteiger partial charge is 0.250 e. The second-order valence-electron chi connectivity index (χ2n) is 2.83. The first-order valence-electron chi connectivity index (χ1n) is 4.08. The zero-order valence-corrected chi connectivity index (χ0v) is 11.3. The zero-order valence-electron chi connectivity index (χ0n) is 7.53. The van der Waals surface area contributed by atoms with Crippen molar-refractivity contribution in [1.82, 2.24) is 4.98 Å². The third-order valence-electron chi connectivity index (χ3n) is 1.64. The van der Waals surface area contributed by atoms with Crippen LogP contribution in [0.25, 0.3) is 6.08 Å². The summed E-state index contributed by atoms with van der Waals surface area (Å²) in [5.74, 6) is 0. The standard InChI is InChI=1S/C10H8INS2/c1-7-6-13-10(14-7)4-8-2-3-9(11)12-5-8/h2-6H,1H3/b10-4-. The van der Waals surface area contributed by atoms with Gasteiger partial charge >= 0.3 is 0 Å². The molecule has 2 rings (SSSR count). The lowest BCUT2D eigenvalue weighted by Crippen LogP contribution is -1.79. The van der Waals surface area contributed by atoms with Crippen molar-refractivity contribution < 1.29 is 0 Å². The third kappa shape index (κ3) is 2.77. The molecule has 1 aromatic rings. The van der Waals surface area contributed by atoms with Gasteiger partial charge in [0.15, 0.2) is 0 Å². The Balaban J connectivity index is 2.15. The molecule has 0 fully saturated rings. The molecule has 1 nitrogen and oxygen atoms in total. The van der Waals surface area contributed by atoms with Crippen molar-refractivity contribution in [3.05, 3.63) is 42.1 Å². The summed E-state index contributed by atoms with van der Waals surface area (Å²) in [7, 11) is 0. The molecule has 0 aromatic carbocycles. The quantitative estimate of drug-likeness (QED) is 0.561. The fourth-order valence-corrected chi connectivity index (χ4v) is 3.41. The highest BCUT2D eigenvalue weighted by molar-refractivity contribution is 14.1. The molecule has 0 spiro atoms. The first-order valence-corrected chi connectivity index (χ1v) is 6.86. The Labute approximate surface area is 106 Å². The van der Waals surface area contributed by atoms with Gasteiger partial charge in [-0.15, -0.1) is 0 Å². The Bertz CT molecular complexity index is 395. The predicted octanol–water partition coefficient (Wildman–Crippen LogP) is 4.33. The maximum Gasteiger partial charge on any atom is 0.101 e. The van der Waals surface area contributed by atoms with E-state index in [0.717, 1.165) is 3.70 Å². The van der Waals surface area contributed by atoms with Gasteiger partial charge in [0.1, 0.15) is 3.70 Å². The monoisotopic (exact) mass is 333 g/mol. The summed E-state index contributed by atoms with van der Waals surface area (Å²) >= 11 is 5.81. The molecule has 2 heterocycles. The molecular formula is C10H8INS2. The van der Waals surface area contributed by atoms with Crippen LogP contribution >= 0.6 is 46.1 Å². The van der Waals surface area contributed by atoms with Crippen molar-refractivity contribution in [2.45, 2.75) is 6.92 Å². The van der Waals surface area contributed by atoms with Gasteiger partial charge in [-0.05, 0) is 57.5 Å². The van der Waals surface area contributed by atoms with Gasteiger partial charge in [0.2, 0.25) is 0 Å². The number of pyridine rings is 1. The SMILES string of the molecule is CC1=CS/C(=C/c2ccc(I)nc2)S1. The van der Waals surface area contributed by atoms with Gasteiger partial charge in [0.05, 0.1) is 0 Å². The topological polar surface area (TPSA) is 12.9 Å². The van der Waals surface area contributed by atoms with E-state index in [1.807, 2.05) is 24.0 Å². The van der Waals surface area contributed by atoms with Crippen molar-refractivity contribution >= 4 is 52.2 Å². The van der Waals surface area contributed by atoms with E-state index in [0.29, 0.717) is 0 Å². The van der Waals surface area contributed by atoms with Crippen LogP contribution in [0.1, 0.15) is 12.5 Å². The van der Waals surface area contributed by atoms with Gasteiger partial charge in [-0.25, -0.2) is 4.98 Å². The number of nitrogens with zero attached hydrogens (tertiary/aromatic N) is 1. The highest BCUT2D eigenvalue weighted by Crippen LogP contribution is 2.43. The van der Waals surface area contributed by atoms with Gasteiger partial charge in [0.25, 0.3) is 0 Å². The van der Waals surface area contributed by atoms with Crippen LogP contribution in [0.15, 0.2) is 32.9 Å². The number of hydrogen-bond donors (Lipinski definition) is 0. The van der Waals surface area contributed by atoms with Crippen LogP contribution in [-0.4, -0.2) is 4.98 Å². The Morgan fingerprint density at radius 1 is 1.43 bits per heavy atom. The van der Waals surface area contributed by atoms with Gasteiger partial charge in [-0.2, -0.15) is 0 Å². The maximum absolute atomic E-state index is 4.25. The highest BCUT2D eigenvalue weighted by Gasteiger charge is 2.07. The van der Waals surface area contributed by atoms with E-state index >= 15 is 0 Å². The van der Waals surface area contributed by atoms with E-state index in [-0.39, 0.29) is 0 Å². The number of thioether (sulfide) groups is 2. The Morgan fingerprint density at radius 3 is 2.86 bits per heavy atom. The van der Waals surface area contributed by atoms with Crippen molar-refractivity contribution in [3.63, 3.8) is 0 Å². The molecule has 4 heteroatoms. The van der Waals surface area contributed by atoms with E-state index in [1.54, 1.807) is 11.8 Å². The summed E-state index contributed by atoms with van der Waals surface area (Å²) in [5.41, 5.74) is 1.17. The second-order valence-corrected chi connectivity index (χ2v) is 6.39. The molecule has 14 heavy (non-hydrogen) atoms. The minimum Gasteiger partial charge on any atom is -0.250 e. The molecule has 0 bridgehead atoms. The molecule has 0 atom stereocenters. The van der Waals surface area contributed by atoms with E-state index in [2.05, 4.69) is 52.0 Å². The fraction of sp³-hybridized carbons (Fsp3) is 0.100. The van der Waals surface area contributed by atoms with Gasteiger partial charge in [0, 0.05) is 10.4 Å². The molecule has 0 unspecified atom stereocenters. The van der Waals surface area contributed by atoms with Crippen LogP contribution in [0.5, 0.6) is 0 Å². The van der Waals surface area contributed by atoms with Gasteiger partial charge in [-0.3, -0.25) is 0 Å². The van der Waals surface area contributed by atoms with Crippen LogP contribution in [0, 0.1) is 3.70 Å². The molecule has 1 aliphatic heterocycles. The highest BCUT2D eigenvalue weighted by atomic mass is 127. The minimum atomic E-state index is 1.03. The van der Waals surface area contributed by atoms with E-state index in [9.17, 15) is 0 Å². The zero-order chi connectivity index (χ0) is 9.97. The summed E-state index contributed by atoms with van der Waals surface area (Å²) < 4.78 is 2.36. The van der Waals surface area contributed by atoms with E-state index in [1.165, 1.54) is 14.7 Å². The number of hydrogen-bond acceptors (Lipinski definition) is 3. The molecule has 1 aromatic heterocycles. The Morgan fingerprint density at radius 2 is 2.29 bits per heavy atom. The molecular weight excluding hydrogens is 325 g/mol. The number of halogens is 1. The lowest BCUT2D eigenvalue weighted by molar-refractivity contribution is 1.26. The minimum absolute atomic E-state index is 1.03. The molecule has 0 amide bonds. The van der Waals surface area contributed by atoms with Crippen LogP contribution in [-0.2, 0) is 0 Å². The molecule has 72 valence electrons. The lowest BCUT2D eigenvalue weighted by atomic mass is 10.3. The Hall–Kier alpha value is 0.0600. The second kappa shape index (κ2) is 4.72. The van der Waals surface area contributed by atoms with E-state index in [4.69, 9.17) is 0 Å². The molecule has 0 saturated heterocycles. The average Bonchev–Trinajstić information content (AvgIpc) is 2.56. The van der Waals surface area contributed by atoms with Crippen molar-refractivity contribution in [3.8, 4) is 0 Å². The maximum atomic E-state index is 4.25. The third-order valence-corrected chi connectivity index (χ3v) is 4.54. The summed E-state index contributed by atoms with van der Waals surface area (Å²) in [6, 6.07) is 4.12. The smallest absolute Gasteiger partial charge is 0.101 e. The van der Waals surface area contributed by atoms with Gasteiger partial charge in [-0.1, -0.05) is 29.6 Å². The molecule has 0 aliphatic carbocycles. The van der Waals surface area contributed by atoms with E-state index < -0.39 is 0 Å². The predicted molar refractivity (Wildman–Crippen MR) is 73.9 cm³/mol. The van der Waals surface area contributed by atoms with Crippen LogP contribution in [0.4, 0.5) is 0 Å². The molecule has 0 saturated carbocycles. The van der Waals surface area contributed by atoms with Crippen LogP contribution in [0.2, 0.25) is 0 Å². The average molecular weight is 333 g/mol. The normalized spacial score (nSPS) is 18.7. The fourth-order valence-electron chi connectivity index (χ4n) is 1.02. The van der Waals surface area contributed by atoms with Crippen molar-refractivity contribution in [2.75, 3.05) is 0 Å². The number of aromatic nitrogens is 1. The first kappa shape index (κ1) is 10.6. The van der Waals surface area contributed by atoms with Crippen molar-refractivity contribution in [1.29, 1.82) is 0 Å². The van der Waals surface area contributed by atoms with Crippen LogP contribution in [0.3, 0.4) is 0 Å².